The van der Waals surface area contributed by atoms with Crippen molar-refractivity contribution < 1.29 is 9.53 Å². The second kappa shape index (κ2) is 6.93. The Morgan fingerprint density at radius 3 is 2.71 bits per heavy atom. The summed E-state index contributed by atoms with van der Waals surface area (Å²) in [6.07, 6.45) is 2.71. The lowest BCUT2D eigenvalue weighted by Crippen LogP contribution is -2.47. The van der Waals surface area contributed by atoms with Gasteiger partial charge in [-0.2, -0.15) is 0 Å². The highest BCUT2D eigenvalue weighted by Crippen LogP contribution is 2.19. The Labute approximate surface area is 104 Å². The summed E-state index contributed by atoms with van der Waals surface area (Å²) in [5.41, 5.74) is 5.74. The molecule has 0 aromatic rings. The molecule has 1 fully saturated rings. The summed E-state index contributed by atoms with van der Waals surface area (Å²) < 4.78 is 5.12. The highest BCUT2D eigenvalue weighted by molar-refractivity contribution is 5.77. The second-order valence-corrected chi connectivity index (χ2v) is 4.91. The van der Waals surface area contributed by atoms with E-state index in [1.807, 2.05) is 7.05 Å². The van der Waals surface area contributed by atoms with Gasteiger partial charge >= 0.3 is 0 Å². The Morgan fingerprint density at radius 1 is 1.59 bits per heavy atom. The van der Waals surface area contributed by atoms with Crippen LogP contribution in [0.15, 0.2) is 0 Å². The Kier molecular flexibility index (Phi) is 5.88. The van der Waals surface area contributed by atoms with Gasteiger partial charge in [0.05, 0.1) is 6.61 Å². The number of nitrogens with zero attached hydrogens (tertiary/aromatic N) is 1. The molecule has 1 amide bonds. The summed E-state index contributed by atoms with van der Waals surface area (Å²) in [6, 6.07) is 0.767. The maximum absolute atomic E-state index is 11.7. The molecule has 2 unspecified atom stereocenters. The molecule has 2 atom stereocenters. The number of likely N-dealkylation sites (N-methyl/N-ethyl adjacent to an activating group) is 1. The molecule has 0 saturated heterocycles. The van der Waals surface area contributed by atoms with Crippen LogP contribution in [0.3, 0.4) is 0 Å². The first-order valence-electron chi connectivity index (χ1n) is 6.28. The Bertz CT molecular complexity index is 244. The number of amides is 1. The van der Waals surface area contributed by atoms with Crippen LogP contribution in [0.5, 0.6) is 0 Å². The van der Waals surface area contributed by atoms with Crippen LogP contribution in [0, 0.1) is 0 Å². The van der Waals surface area contributed by atoms with E-state index in [2.05, 4.69) is 17.1 Å². The Hall–Kier alpha value is -0.650. The van der Waals surface area contributed by atoms with Crippen molar-refractivity contribution in [3.05, 3.63) is 0 Å². The van der Waals surface area contributed by atoms with Gasteiger partial charge in [-0.3, -0.25) is 9.69 Å². The molecule has 100 valence electrons. The average molecular weight is 243 g/mol. The van der Waals surface area contributed by atoms with Gasteiger partial charge in [-0.1, -0.05) is 0 Å². The molecule has 1 aliphatic rings. The van der Waals surface area contributed by atoms with Crippen molar-refractivity contribution in [3.63, 3.8) is 0 Å². The van der Waals surface area contributed by atoms with Crippen molar-refractivity contribution in [3.8, 4) is 0 Å². The zero-order valence-corrected chi connectivity index (χ0v) is 11.1. The molecule has 1 rings (SSSR count). The van der Waals surface area contributed by atoms with E-state index in [1.165, 1.54) is 0 Å². The summed E-state index contributed by atoms with van der Waals surface area (Å²) in [5.74, 6) is 0.111. The molecule has 3 N–H and O–H groups in total. The predicted molar refractivity (Wildman–Crippen MR) is 67.7 cm³/mol. The topological polar surface area (TPSA) is 67.6 Å². The van der Waals surface area contributed by atoms with Gasteiger partial charge < -0.3 is 15.8 Å². The van der Waals surface area contributed by atoms with Crippen LogP contribution in [-0.2, 0) is 9.53 Å². The highest BCUT2D eigenvalue weighted by Gasteiger charge is 2.26. The Balaban J connectivity index is 2.36. The lowest BCUT2D eigenvalue weighted by atomic mass is 10.1. The third-order valence-corrected chi connectivity index (χ3v) is 3.31. The van der Waals surface area contributed by atoms with Gasteiger partial charge in [-0.15, -0.1) is 0 Å². The van der Waals surface area contributed by atoms with Crippen molar-refractivity contribution >= 4 is 5.91 Å². The van der Waals surface area contributed by atoms with E-state index in [0.717, 1.165) is 12.8 Å². The van der Waals surface area contributed by atoms with E-state index in [9.17, 15) is 4.79 Å². The van der Waals surface area contributed by atoms with Gasteiger partial charge in [-0.25, -0.2) is 0 Å². The average Bonchev–Trinajstić information content (AvgIpc) is 3.09. The molecule has 0 aromatic heterocycles. The van der Waals surface area contributed by atoms with Gasteiger partial charge in [-0.05, 0) is 26.8 Å². The first-order valence-corrected chi connectivity index (χ1v) is 6.28. The highest BCUT2D eigenvalue weighted by atomic mass is 16.5. The summed E-state index contributed by atoms with van der Waals surface area (Å²) in [5, 5.41) is 2.99. The molecule has 5 heteroatoms. The lowest BCUT2D eigenvalue weighted by Gasteiger charge is -2.31. The van der Waals surface area contributed by atoms with E-state index in [1.54, 1.807) is 7.11 Å². The van der Waals surface area contributed by atoms with Crippen LogP contribution >= 0.6 is 0 Å². The molecule has 1 aliphatic carbocycles. The number of nitrogens with one attached hydrogen (secondary N) is 1. The van der Waals surface area contributed by atoms with Crippen molar-refractivity contribution in [2.75, 3.05) is 27.3 Å². The smallest absolute Gasteiger partial charge is 0.221 e. The predicted octanol–water partition coefficient (Wildman–Crippen LogP) is -0.0509. The lowest BCUT2D eigenvalue weighted by molar-refractivity contribution is -0.122. The van der Waals surface area contributed by atoms with Crippen LogP contribution in [0.1, 0.15) is 26.2 Å². The minimum absolute atomic E-state index is 0.0823. The molecule has 0 aliphatic heterocycles. The fourth-order valence-electron chi connectivity index (χ4n) is 1.84. The van der Waals surface area contributed by atoms with Crippen LogP contribution in [0.25, 0.3) is 0 Å². The van der Waals surface area contributed by atoms with Crippen LogP contribution in [-0.4, -0.2) is 56.2 Å². The fraction of sp³-hybridized carbons (Fsp3) is 0.917. The molecule has 0 bridgehead atoms. The number of carbonyl (C=O) groups is 1. The van der Waals surface area contributed by atoms with E-state index in [-0.39, 0.29) is 18.0 Å². The number of hydrogen-bond acceptors (Lipinski definition) is 4. The summed E-state index contributed by atoms with van der Waals surface area (Å²) in [7, 11) is 3.67. The van der Waals surface area contributed by atoms with Crippen molar-refractivity contribution in [1.82, 2.24) is 10.2 Å². The van der Waals surface area contributed by atoms with Crippen LogP contribution in [0.4, 0.5) is 0 Å². The standard InChI is InChI=1S/C12H25N3O2/c1-9(8-17-3)15(2)11(7-13)6-12(16)14-10-4-5-10/h9-11H,4-8,13H2,1-3H3,(H,14,16). The summed E-state index contributed by atoms with van der Waals surface area (Å²) in [4.78, 5) is 13.8. The minimum Gasteiger partial charge on any atom is -0.383 e. The molecular formula is C12H25N3O2. The third kappa shape index (κ3) is 5.02. The fourth-order valence-corrected chi connectivity index (χ4v) is 1.84. The third-order valence-electron chi connectivity index (χ3n) is 3.31. The number of ether oxygens (including phenoxy) is 1. The number of rotatable bonds is 8. The number of methoxy groups -OCH3 is 1. The van der Waals surface area contributed by atoms with Crippen molar-refractivity contribution in [1.29, 1.82) is 0 Å². The first-order chi connectivity index (χ1) is 8.08. The largest absolute Gasteiger partial charge is 0.383 e. The Morgan fingerprint density at radius 2 is 2.24 bits per heavy atom. The van der Waals surface area contributed by atoms with E-state index >= 15 is 0 Å². The minimum atomic E-state index is 0.0823. The van der Waals surface area contributed by atoms with E-state index in [4.69, 9.17) is 10.5 Å². The van der Waals surface area contributed by atoms with Crippen LogP contribution in [0.2, 0.25) is 0 Å². The normalized spacial score (nSPS) is 19.1. The zero-order valence-electron chi connectivity index (χ0n) is 11.1. The summed E-state index contributed by atoms with van der Waals surface area (Å²) >= 11 is 0. The molecule has 0 spiro atoms. The SMILES string of the molecule is COCC(C)N(C)C(CN)CC(=O)NC1CC1. The molecule has 17 heavy (non-hydrogen) atoms. The number of hydrogen-bond donors (Lipinski definition) is 2. The van der Waals surface area contributed by atoms with Gasteiger partial charge in [0.25, 0.3) is 0 Å². The number of nitrogens with two attached hydrogens (primary N) is 1. The quantitative estimate of drug-likeness (QED) is 0.627. The van der Waals surface area contributed by atoms with E-state index in [0.29, 0.717) is 25.6 Å². The van der Waals surface area contributed by atoms with Crippen molar-refractivity contribution in [2.24, 2.45) is 5.73 Å². The maximum Gasteiger partial charge on any atom is 0.221 e. The van der Waals surface area contributed by atoms with Crippen LogP contribution < -0.4 is 11.1 Å². The van der Waals surface area contributed by atoms with Gasteiger partial charge in [0.15, 0.2) is 0 Å². The second-order valence-electron chi connectivity index (χ2n) is 4.91. The molecule has 0 radical (unpaired) electrons. The first kappa shape index (κ1) is 14.4. The maximum atomic E-state index is 11.7. The van der Waals surface area contributed by atoms with Gasteiger partial charge in [0, 0.05) is 38.2 Å². The monoisotopic (exact) mass is 243 g/mol. The van der Waals surface area contributed by atoms with E-state index < -0.39 is 0 Å². The molecule has 1 saturated carbocycles. The molecule has 0 heterocycles. The molecular weight excluding hydrogens is 218 g/mol. The van der Waals surface area contributed by atoms with Crippen molar-refractivity contribution in [2.45, 2.75) is 44.3 Å². The molecule has 5 nitrogen and oxygen atoms in total. The molecule has 0 aromatic carbocycles. The zero-order chi connectivity index (χ0) is 12.8. The van der Waals surface area contributed by atoms with Gasteiger partial charge in [0.2, 0.25) is 5.91 Å². The number of carbonyl (C=O) groups excluding carboxylic acids is 1. The summed E-state index contributed by atoms with van der Waals surface area (Å²) in [6.45, 7) is 3.21. The van der Waals surface area contributed by atoms with Gasteiger partial charge in [0.1, 0.15) is 0 Å².